The molecule has 18 heavy (non-hydrogen) atoms. The molecule has 0 atom stereocenters. The summed E-state index contributed by atoms with van der Waals surface area (Å²) in [4.78, 5) is 3.93. The maximum Gasteiger partial charge on any atom is 0.219 e. The van der Waals surface area contributed by atoms with Crippen LogP contribution in [0, 0.1) is 0 Å². The van der Waals surface area contributed by atoms with E-state index in [1.807, 2.05) is 24.3 Å². The first-order valence-electron chi connectivity index (χ1n) is 5.23. The first kappa shape index (κ1) is 11.9. The molecule has 0 aliphatic rings. The Labute approximate surface area is 104 Å². The highest BCUT2D eigenvalue weighted by Crippen LogP contribution is 2.11. The third-order valence-electron chi connectivity index (χ3n) is 2.38. The molecular formula is C11H13N5O2. The second-order valence-electron chi connectivity index (χ2n) is 3.60. The van der Waals surface area contributed by atoms with Gasteiger partial charge in [-0.05, 0) is 17.7 Å². The molecular weight excluding hydrogens is 234 g/mol. The smallest absolute Gasteiger partial charge is 0.219 e. The summed E-state index contributed by atoms with van der Waals surface area (Å²) in [6.07, 6.45) is 1.53. The molecule has 0 radical (unpaired) electrons. The topological polar surface area (TPSA) is 98.6 Å². The highest BCUT2D eigenvalue weighted by molar-refractivity contribution is 5.93. The molecule has 7 nitrogen and oxygen atoms in total. The van der Waals surface area contributed by atoms with Gasteiger partial charge in [0.15, 0.2) is 0 Å². The zero-order valence-corrected chi connectivity index (χ0v) is 9.82. The van der Waals surface area contributed by atoms with E-state index in [0.717, 1.165) is 11.3 Å². The summed E-state index contributed by atoms with van der Waals surface area (Å²) in [7, 11) is 1.62. The van der Waals surface area contributed by atoms with E-state index in [9.17, 15) is 0 Å². The minimum absolute atomic E-state index is 0.108. The molecule has 0 amide bonds. The molecule has 0 fully saturated rings. The van der Waals surface area contributed by atoms with Crippen LogP contribution in [0.3, 0.4) is 0 Å². The molecule has 7 heteroatoms. The first-order valence-corrected chi connectivity index (χ1v) is 5.23. The van der Waals surface area contributed by atoms with E-state index in [1.165, 1.54) is 6.33 Å². The predicted octanol–water partition coefficient (Wildman–Crippen LogP) is 0.429. The largest absolute Gasteiger partial charge is 0.497 e. The molecule has 94 valence electrons. The van der Waals surface area contributed by atoms with Crippen LogP contribution < -0.4 is 10.5 Å². The average molecular weight is 247 g/mol. The molecule has 1 aromatic carbocycles. The standard InChI is InChI=1S/C11H13N5O2/c1-18-9-4-2-8(3-5-9)6-16-7-13-11(14-16)10(12)15-17/h2-5,7,17H,6H2,1H3,(H2,12,15). The van der Waals surface area contributed by atoms with E-state index in [0.29, 0.717) is 6.54 Å². The number of nitrogens with zero attached hydrogens (tertiary/aromatic N) is 4. The summed E-state index contributed by atoms with van der Waals surface area (Å²) in [6.45, 7) is 0.551. The Balaban J connectivity index is 2.11. The SMILES string of the molecule is COc1ccc(Cn2cnc(C(N)=NO)n2)cc1. The monoisotopic (exact) mass is 247 g/mol. The Morgan fingerprint density at radius 2 is 2.17 bits per heavy atom. The van der Waals surface area contributed by atoms with Gasteiger partial charge in [0.1, 0.15) is 12.1 Å². The minimum Gasteiger partial charge on any atom is -0.497 e. The number of hydrogen-bond acceptors (Lipinski definition) is 5. The van der Waals surface area contributed by atoms with Crippen molar-refractivity contribution < 1.29 is 9.94 Å². The maximum atomic E-state index is 8.50. The zero-order valence-electron chi connectivity index (χ0n) is 9.82. The van der Waals surface area contributed by atoms with Gasteiger partial charge in [-0.2, -0.15) is 0 Å². The molecule has 0 aliphatic carbocycles. The van der Waals surface area contributed by atoms with Crippen LogP contribution >= 0.6 is 0 Å². The lowest BCUT2D eigenvalue weighted by Crippen LogP contribution is -2.15. The molecule has 0 aliphatic heterocycles. The summed E-state index contributed by atoms with van der Waals surface area (Å²) in [5.41, 5.74) is 6.43. The molecule has 1 heterocycles. The predicted molar refractivity (Wildman–Crippen MR) is 64.6 cm³/mol. The number of benzene rings is 1. The van der Waals surface area contributed by atoms with Gasteiger partial charge in [0.05, 0.1) is 13.7 Å². The van der Waals surface area contributed by atoms with Gasteiger partial charge in [0.25, 0.3) is 0 Å². The average Bonchev–Trinajstić information content (AvgIpc) is 2.87. The number of ether oxygens (including phenoxy) is 1. The molecule has 3 N–H and O–H groups in total. The fraction of sp³-hybridized carbons (Fsp3) is 0.182. The van der Waals surface area contributed by atoms with Crippen LogP contribution in [0.2, 0.25) is 0 Å². The van der Waals surface area contributed by atoms with Crippen molar-refractivity contribution in [2.24, 2.45) is 10.9 Å². The molecule has 2 rings (SSSR count). The van der Waals surface area contributed by atoms with Crippen molar-refractivity contribution in [3.8, 4) is 5.75 Å². The van der Waals surface area contributed by atoms with Crippen molar-refractivity contribution in [3.05, 3.63) is 42.0 Å². The van der Waals surface area contributed by atoms with Gasteiger partial charge in [-0.15, -0.1) is 5.10 Å². The van der Waals surface area contributed by atoms with Crippen molar-refractivity contribution >= 4 is 5.84 Å². The quantitative estimate of drug-likeness (QED) is 0.353. The lowest BCUT2D eigenvalue weighted by Gasteiger charge is -2.03. The highest BCUT2D eigenvalue weighted by atomic mass is 16.5. The van der Waals surface area contributed by atoms with Crippen molar-refractivity contribution in [1.29, 1.82) is 0 Å². The third kappa shape index (κ3) is 2.57. The second-order valence-corrected chi connectivity index (χ2v) is 3.60. The summed E-state index contributed by atoms with van der Waals surface area (Å²) >= 11 is 0. The van der Waals surface area contributed by atoms with Crippen molar-refractivity contribution in [1.82, 2.24) is 14.8 Å². The Kier molecular flexibility index (Phi) is 3.42. The fourth-order valence-corrected chi connectivity index (χ4v) is 1.45. The van der Waals surface area contributed by atoms with Gasteiger partial charge in [-0.3, -0.25) is 0 Å². The molecule has 0 spiro atoms. The summed E-state index contributed by atoms with van der Waals surface area (Å²) in [5, 5.41) is 15.4. The van der Waals surface area contributed by atoms with Crippen LogP contribution in [0.4, 0.5) is 0 Å². The van der Waals surface area contributed by atoms with E-state index in [1.54, 1.807) is 11.8 Å². The lowest BCUT2D eigenvalue weighted by atomic mass is 10.2. The number of nitrogens with two attached hydrogens (primary N) is 1. The van der Waals surface area contributed by atoms with Gasteiger partial charge in [0, 0.05) is 0 Å². The molecule has 0 unspecified atom stereocenters. The normalized spacial score (nSPS) is 11.5. The van der Waals surface area contributed by atoms with Crippen LogP contribution in [0.1, 0.15) is 11.4 Å². The Morgan fingerprint density at radius 1 is 1.44 bits per heavy atom. The first-order chi connectivity index (χ1) is 8.72. The summed E-state index contributed by atoms with van der Waals surface area (Å²) in [6, 6.07) is 7.61. The zero-order chi connectivity index (χ0) is 13.0. The van der Waals surface area contributed by atoms with E-state index >= 15 is 0 Å². The Bertz CT molecular complexity index is 547. The van der Waals surface area contributed by atoms with E-state index in [2.05, 4.69) is 15.2 Å². The third-order valence-corrected chi connectivity index (χ3v) is 2.38. The van der Waals surface area contributed by atoms with Crippen molar-refractivity contribution in [2.45, 2.75) is 6.54 Å². The van der Waals surface area contributed by atoms with Gasteiger partial charge in [0.2, 0.25) is 11.7 Å². The number of hydrogen-bond donors (Lipinski definition) is 2. The van der Waals surface area contributed by atoms with E-state index in [-0.39, 0.29) is 11.7 Å². The van der Waals surface area contributed by atoms with Crippen LogP contribution in [0.15, 0.2) is 35.7 Å². The van der Waals surface area contributed by atoms with Gasteiger partial charge in [-0.25, -0.2) is 9.67 Å². The highest BCUT2D eigenvalue weighted by Gasteiger charge is 2.06. The van der Waals surface area contributed by atoms with Gasteiger partial charge >= 0.3 is 0 Å². The molecule has 1 aromatic heterocycles. The Hall–Kier alpha value is -2.57. The molecule has 0 saturated carbocycles. The van der Waals surface area contributed by atoms with Crippen LogP contribution in [-0.2, 0) is 6.54 Å². The van der Waals surface area contributed by atoms with Crippen LogP contribution in [-0.4, -0.2) is 32.9 Å². The van der Waals surface area contributed by atoms with E-state index < -0.39 is 0 Å². The minimum atomic E-state index is -0.108. The van der Waals surface area contributed by atoms with Crippen molar-refractivity contribution in [3.63, 3.8) is 0 Å². The maximum absolute atomic E-state index is 8.50. The fourth-order valence-electron chi connectivity index (χ4n) is 1.45. The second kappa shape index (κ2) is 5.17. The molecule has 2 aromatic rings. The number of amidine groups is 1. The van der Waals surface area contributed by atoms with Crippen LogP contribution in [0.25, 0.3) is 0 Å². The lowest BCUT2D eigenvalue weighted by molar-refractivity contribution is 0.318. The van der Waals surface area contributed by atoms with Crippen LogP contribution in [0.5, 0.6) is 5.75 Å². The number of rotatable bonds is 4. The van der Waals surface area contributed by atoms with E-state index in [4.69, 9.17) is 15.7 Å². The number of oxime groups is 1. The molecule has 0 saturated heterocycles. The van der Waals surface area contributed by atoms with Crippen molar-refractivity contribution in [2.75, 3.05) is 7.11 Å². The number of methoxy groups -OCH3 is 1. The molecule has 0 bridgehead atoms. The van der Waals surface area contributed by atoms with Gasteiger partial charge in [-0.1, -0.05) is 17.3 Å². The summed E-state index contributed by atoms with van der Waals surface area (Å²) < 4.78 is 6.68. The summed E-state index contributed by atoms with van der Waals surface area (Å²) in [5.74, 6) is 0.893. The van der Waals surface area contributed by atoms with Gasteiger partial charge < -0.3 is 15.7 Å². The number of aromatic nitrogens is 3. The Morgan fingerprint density at radius 3 is 2.78 bits per heavy atom.